The van der Waals surface area contributed by atoms with Crippen LogP contribution in [-0.4, -0.2) is 46.5 Å². The second-order valence-corrected chi connectivity index (χ2v) is 9.86. The van der Waals surface area contributed by atoms with Gasteiger partial charge in [0.05, 0.1) is 16.6 Å². The van der Waals surface area contributed by atoms with Crippen LogP contribution < -0.4 is 10.6 Å². The van der Waals surface area contributed by atoms with E-state index in [0.717, 1.165) is 71.6 Å². The summed E-state index contributed by atoms with van der Waals surface area (Å²) >= 11 is 6.20. The monoisotopic (exact) mass is 497 g/mol. The molecule has 0 bridgehead atoms. The number of nitrogens with zero attached hydrogens (tertiary/aromatic N) is 2. The number of nitrogens with one attached hydrogen (secondary N) is 3. The van der Waals surface area contributed by atoms with Crippen molar-refractivity contribution in [2.75, 3.05) is 30.3 Å². The van der Waals surface area contributed by atoms with Gasteiger partial charge in [-0.25, -0.2) is 4.98 Å². The summed E-state index contributed by atoms with van der Waals surface area (Å²) in [6.45, 7) is 5.53. The number of H-pyrrole nitrogens is 1. The molecule has 2 aliphatic heterocycles. The van der Waals surface area contributed by atoms with Crippen LogP contribution in [-0.2, 0) is 4.79 Å². The molecule has 7 heteroatoms. The minimum atomic E-state index is -0.135. The number of piperidine rings is 1. The Kier molecular flexibility index (Phi) is 5.99. The Morgan fingerprint density at radius 3 is 2.61 bits per heavy atom. The zero-order chi connectivity index (χ0) is 24.6. The van der Waals surface area contributed by atoms with Crippen molar-refractivity contribution in [2.45, 2.75) is 25.8 Å². The first-order valence-electron chi connectivity index (χ1n) is 12.5. The number of aromatic amines is 1. The van der Waals surface area contributed by atoms with E-state index in [0.29, 0.717) is 22.5 Å². The zero-order valence-corrected chi connectivity index (χ0v) is 20.9. The summed E-state index contributed by atoms with van der Waals surface area (Å²) in [5, 5.41) is 7.41. The van der Waals surface area contributed by atoms with Crippen molar-refractivity contribution in [1.29, 1.82) is 0 Å². The lowest BCUT2D eigenvalue weighted by Gasteiger charge is -2.32. The largest absolute Gasteiger partial charge is 0.382 e. The van der Waals surface area contributed by atoms with Crippen molar-refractivity contribution in [3.8, 4) is 0 Å². The van der Waals surface area contributed by atoms with Crippen molar-refractivity contribution in [2.24, 2.45) is 0 Å². The highest BCUT2D eigenvalue weighted by molar-refractivity contribution is 6.38. The summed E-state index contributed by atoms with van der Waals surface area (Å²) in [4.78, 5) is 24.2. The molecule has 3 N–H and O–H groups in total. The van der Waals surface area contributed by atoms with E-state index in [2.05, 4.69) is 39.6 Å². The van der Waals surface area contributed by atoms with Gasteiger partial charge in [-0.05, 0) is 67.4 Å². The van der Waals surface area contributed by atoms with Crippen molar-refractivity contribution in [3.05, 3.63) is 88.7 Å². The maximum atomic E-state index is 13.4. The fourth-order valence-electron chi connectivity index (χ4n) is 5.22. The highest BCUT2D eigenvalue weighted by Gasteiger charge is 2.30. The van der Waals surface area contributed by atoms with E-state index in [4.69, 9.17) is 16.6 Å². The number of amides is 1. The molecule has 0 atom stereocenters. The summed E-state index contributed by atoms with van der Waals surface area (Å²) in [6.07, 6.45) is 2.22. The predicted octanol–water partition coefficient (Wildman–Crippen LogP) is 6.02. The number of fused-ring (bicyclic) bond motifs is 2. The van der Waals surface area contributed by atoms with Gasteiger partial charge in [0.1, 0.15) is 5.82 Å². The highest BCUT2D eigenvalue weighted by Crippen LogP contribution is 2.41. The number of carbonyl (C=O) groups is 1. The number of anilines is 2. The Balaban J connectivity index is 1.45. The number of para-hydroxylation sites is 2. The predicted molar refractivity (Wildman–Crippen MR) is 147 cm³/mol. The highest BCUT2D eigenvalue weighted by atomic mass is 35.5. The summed E-state index contributed by atoms with van der Waals surface area (Å²) in [5.41, 5.74) is 6.73. The molecule has 6 rings (SSSR count). The molecule has 3 heterocycles. The molecule has 0 aliphatic carbocycles. The normalized spacial score (nSPS) is 17.8. The van der Waals surface area contributed by atoms with Crippen LogP contribution in [0, 0.1) is 0 Å². The summed E-state index contributed by atoms with van der Waals surface area (Å²) in [5.74, 6) is 0.519. The van der Waals surface area contributed by atoms with Crippen LogP contribution in [0.5, 0.6) is 0 Å². The fraction of sp³-hybridized carbons (Fsp3) is 0.241. The molecule has 0 radical (unpaired) electrons. The number of halogens is 1. The quantitative estimate of drug-likeness (QED) is 0.295. The minimum absolute atomic E-state index is 0.135. The van der Waals surface area contributed by atoms with E-state index in [1.807, 2.05) is 54.6 Å². The maximum absolute atomic E-state index is 13.4. The van der Waals surface area contributed by atoms with Crippen LogP contribution in [0.25, 0.3) is 22.2 Å². The van der Waals surface area contributed by atoms with E-state index in [9.17, 15) is 4.79 Å². The number of hydrogen-bond donors (Lipinski definition) is 3. The Morgan fingerprint density at radius 1 is 1.08 bits per heavy atom. The molecule has 1 fully saturated rings. The molecule has 2 aliphatic rings. The third kappa shape index (κ3) is 4.27. The van der Waals surface area contributed by atoms with Gasteiger partial charge in [-0.3, -0.25) is 4.79 Å². The summed E-state index contributed by atoms with van der Waals surface area (Å²) in [7, 11) is 0. The molecule has 4 aromatic rings. The molecule has 1 saturated heterocycles. The first kappa shape index (κ1) is 22.8. The average molecular weight is 498 g/mol. The standard InChI is InChI=1S/C29H28ClN5O/c1-2-35-15-13-20(14-16-35)31-21-11-12-23-22(17-21)27(29(36)34-23)26(18-7-9-19(30)10-8-18)28-32-24-5-3-4-6-25(24)33-28/h3-12,17,20,31H,2,13-16H2,1H3,(H,32,33)(H,34,36)/b27-26-. The Labute approximate surface area is 215 Å². The van der Waals surface area contributed by atoms with Gasteiger partial charge < -0.3 is 20.5 Å². The molecule has 0 saturated carbocycles. The van der Waals surface area contributed by atoms with Crippen LogP contribution in [0.15, 0.2) is 66.7 Å². The molecule has 3 aromatic carbocycles. The number of carbonyl (C=O) groups excluding carboxylic acids is 1. The average Bonchev–Trinajstić information content (AvgIpc) is 3.46. The lowest BCUT2D eigenvalue weighted by Crippen LogP contribution is -2.38. The molecule has 6 nitrogen and oxygen atoms in total. The molecular weight excluding hydrogens is 470 g/mol. The smallest absolute Gasteiger partial charge is 0.257 e. The summed E-state index contributed by atoms with van der Waals surface area (Å²) < 4.78 is 0. The SMILES string of the molecule is CCN1CCC(Nc2ccc3c(c2)/C(=C(\c2ccc(Cl)cc2)c2nc4ccccc4[nH]2)C(=O)N3)CC1. The van der Waals surface area contributed by atoms with Crippen LogP contribution in [0.2, 0.25) is 5.02 Å². The van der Waals surface area contributed by atoms with E-state index < -0.39 is 0 Å². The minimum Gasteiger partial charge on any atom is -0.382 e. The number of imidazole rings is 1. The van der Waals surface area contributed by atoms with Crippen LogP contribution >= 0.6 is 11.6 Å². The number of hydrogen-bond acceptors (Lipinski definition) is 4. The molecule has 0 spiro atoms. The number of benzene rings is 3. The fourth-order valence-corrected chi connectivity index (χ4v) is 5.35. The van der Waals surface area contributed by atoms with Crippen LogP contribution in [0.4, 0.5) is 11.4 Å². The van der Waals surface area contributed by atoms with E-state index in [1.54, 1.807) is 0 Å². The second kappa shape index (κ2) is 9.45. The maximum Gasteiger partial charge on any atom is 0.257 e. The van der Waals surface area contributed by atoms with Gasteiger partial charge in [0.15, 0.2) is 0 Å². The van der Waals surface area contributed by atoms with Gasteiger partial charge in [0.25, 0.3) is 5.91 Å². The van der Waals surface area contributed by atoms with Gasteiger partial charge >= 0.3 is 0 Å². The molecule has 1 aromatic heterocycles. The molecule has 36 heavy (non-hydrogen) atoms. The lowest BCUT2D eigenvalue weighted by atomic mass is 9.94. The molecule has 1 amide bonds. The first-order chi connectivity index (χ1) is 17.6. The third-order valence-corrected chi connectivity index (χ3v) is 7.43. The van der Waals surface area contributed by atoms with Gasteiger partial charge in [-0.15, -0.1) is 0 Å². The topological polar surface area (TPSA) is 73.0 Å². The third-order valence-electron chi connectivity index (χ3n) is 7.18. The van der Waals surface area contributed by atoms with Gasteiger partial charge in [-0.1, -0.05) is 42.8 Å². The van der Waals surface area contributed by atoms with Crippen LogP contribution in [0.3, 0.4) is 0 Å². The second-order valence-electron chi connectivity index (χ2n) is 9.43. The molecule has 0 unspecified atom stereocenters. The van der Waals surface area contributed by atoms with Crippen molar-refractivity contribution in [1.82, 2.24) is 14.9 Å². The number of rotatable bonds is 5. The summed E-state index contributed by atoms with van der Waals surface area (Å²) in [6, 6.07) is 22.0. The molecule has 182 valence electrons. The van der Waals surface area contributed by atoms with Gasteiger partial charge in [0, 0.05) is 46.7 Å². The van der Waals surface area contributed by atoms with E-state index in [-0.39, 0.29) is 5.91 Å². The number of likely N-dealkylation sites (tertiary alicyclic amines) is 1. The lowest BCUT2D eigenvalue weighted by molar-refractivity contribution is -0.110. The van der Waals surface area contributed by atoms with E-state index in [1.165, 1.54) is 0 Å². The molecular formula is C29H28ClN5O. The Bertz CT molecular complexity index is 1430. The van der Waals surface area contributed by atoms with Crippen molar-refractivity contribution < 1.29 is 4.79 Å². The van der Waals surface area contributed by atoms with Crippen molar-refractivity contribution >= 4 is 51.1 Å². The first-order valence-corrected chi connectivity index (χ1v) is 12.9. The Morgan fingerprint density at radius 2 is 1.86 bits per heavy atom. The van der Waals surface area contributed by atoms with E-state index >= 15 is 0 Å². The Hall–Kier alpha value is -3.61. The van der Waals surface area contributed by atoms with Crippen molar-refractivity contribution in [3.63, 3.8) is 0 Å². The zero-order valence-electron chi connectivity index (χ0n) is 20.1. The van der Waals surface area contributed by atoms with Gasteiger partial charge in [-0.2, -0.15) is 0 Å². The van der Waals surface area contributed by atoms with Crippen LogP contribution in [0.1, 0.15) is 36.7 Å². The number of aromatic nitrogens is 2. The van der Waals surface area contributed by atoms with Gasteiger partial charge in [0.2, 0.25) is 0 Å².